The topological polar surface area (TPSA) is 56.5 Å². The molecule has 0 radical (unpaired) electrons. The molecule has 0 unspecified atom stereocenters. The average Bonchev–Trinajstić information content (AvgIpc) is 3.03. The lowest BCUT2D eigenvalue weighted by Gasteiger charge is -2.04. The van der Waals surface area contributed by atoms with Gasteiger partial charge in [-0.15, -0.1) is 11.8 Å². The average molecular weight is 344 g/mol. The summed E-state index contributed by atoms with van der Waals surface area (Å²) in [6.07, 6.45) is 0. The van der Waals surface area contributed by atoms with Crippen LogP contribution in [0, 0.1) is 5.82 Å². The molecule has 0 aliphatic heterocycles. The SMILES string of the molecule is O=C(CSc1ccccc1F)OCC(=O)c1cc2ccccc2o1. The first kappa shape index (κ1) is 16.3. The minimum atomic E-state index is -0.590. The fourth-order valence-electron chi connectivity index (χ4n) is 2.08. The molecule has 3 rings (SSSR count). The lowest BCUT2D eigenvalue weighted by molar-refractivity contribution is -0.139. The predicted octanol–water partition coefficient (Wildman–Crippen LogP) is 4.09. The highest BCUT2D eigenvalue weighted by Gasteiger charge is 2.15. The molecule has 0 saturated carbocycles. The van der Waals surface area contributed by atoms with Crippen LogP contribution in [-0.4, -0.2) is 24.1 Å². The molecule has 122 valence electrons. The summed E-state index contributed by atoms with van der Waals surface area (Å²) in [5.41, 5.74) is 0.599. The van der Waals surface area contributed by atoms with Gasteiger partial charge in [0.2, 0.25) is 5.78 Å². The number of esters is 1. The van der Waals surface area contributed by atoms with Gasteiger partial charge in [0.15, 0.2) is 12.4 Å². The second-order valence-corrected chi connectivity index (χ2v) is 5.97. The standard InChI is InChI=1S/C18H13FO4S/c19-13-6-2-4-8-17(13)24-11-18(21)22-10-14(20)16-9-12-5-1-3-7-15(12)23-16/h1-9H,10-11H2. The Hall–Kier alpha value is -2.60. The third-order valence-electron chi connectivity index (χ3n) is 3.25. The molecular formula is C18H13FO4S. The normalized spacial score (nSPS) is 10.7. The number of rotatable bonds is 6. The van der Waals surface area contributed by atoms with Crippen molar-refractivity contribution in [2.75, 3.05) is 12.4 Å². The van der Waals surface area contributed by atoms with Gasteiger partial charge in [0.1, 0.15) is 11.4 Å². The number of halogens is 1. The first-order valence-electron chi connectivity index (χ1n) is 7.18. The summed E-state index contributed by atoms with van der Waals surface area (Å²) < 4.78 is 23.8. The number of carbonyl (C=O) groups excluding carboxylic acids is 2. The molecule has 2 aromatic carbocycles. The van der Waals surface area contributed by atoms with Gasteiger partial charge in [-0.2, -0.15) is 0 Å². The maximum Gasteiger partial charge on any atom is 0.316 e. The molecule has 0 spiro atoms. The van der Waals surface area contributed by atoms with E-state index in [1.807, 2.05) is 12.1 Å². The van der Waals surface area contributed by atoms with Crippen LogP contribution in [-0.2, 0) is 9.53 Å². The zero-order valence-corrected chi connectivity index (χ0v) is 13.3. The zero-order valence-electron chi connectivity index (χ0n) is 12.5. The molecular weight excluding hydrogens is 331 g/mol. The van der Waals surface area contributed by atoms with E-state index in [2.05, 4.69) is 0 Å². The summed E-state index contributed by atoms with van der Waals surface area (Å²) in [6, 6.07) is 15.0. The molecule has 0 amide bonds. The van der Waals surface area contributed by atoms with Gasteiger partial charge in [0.05, 0.1) is 5.75 Å². The predicted molar refractivity (Wildman–Crippen MR) is 88.6 cm³/mol. The Bertz CT molecular complexity index is 854. The van der Waals surface area contributed by atoms with Crippen LogP contribution in [0.2, 0.25) is 0 Å². The Balaban J connectivity index is 1.52. The summed E-state index contributed by atoms with van der Waals surface area (Å²) >= 11 is 1.02. The van der Waals surface area contributed by atoms with Crippen molar-refractivity contribution >= 4 is 34.5 Å². The Morgan fingerprint density at radius 1 is 1.08 bits per heavy atom. The quantitative estimate of drug-likeness (QED) is 0.383. The van der Waals surface area contributed by atoms with Crippen molar-refractivity contribution < 1.29 is 23.1 Å². The molecule has 1 heterocycles. The Labute approximate surface area is 141 Å². The Morgan fingerprint density at radius 2 is 1.83 bits per heavy atom. The molecule has 1 aromatic heterocycles. The fraction of sp³-hybridized carbons (Fsp3) is 0.111. The summed E-state index contributed by atoms with van der Waals surface area (Å²) in [5.74, 6) is -1.34. The molecule has 0 saturated heterocycles. The van der Waals surface area contributed by atoms with Crippen LogP contribution in [0.5, 0.6) is 0 Å². The number of thioether (sulfide) groups is 1. The maximum atomic E-state index is 13.4. The number of furan rings is 1. The summed E-state index contributed by atoms with van der Waals surface area (Å²) in [6.45, 7) is -0.406. The monoisotopic (exact) mass is 344 g/mol. The summed E-state index contributed by atoms with van der Waals surface area (Å²) in [7, 11) is 0. The number of carbonyl (C=O) groups is 2. The van der Waals surface area contributed by atoms with Gasteiger partial charge in [-0.3, -0.25) is 9.59 Å². The lowest BCUT2D eigenvalue weighted by atomic mass is 10.2. The zero-order chi connectivity index (χ0) is 16.9. The number of ether oxygens (including phenoxy) is 1. The van der Waals surface area contributed by atoms with Crippen molar-refractivity contribution in [2.45, 2.75) is 4.90 Å². The molecule has 0 aliphatic carbocycles. The third-order valence-corrected chi connectivity index (χ3v) is 4.27. The van der Waals surface area contributed by atoms with Crippen LogP contribution < -0.4 is 0 Å². The Morgan fingerprint density at radius 3 is 2.62 bits per heavy atom. The van der Waals surface area contributed by atoms with Gasteiger partial charge < -0.3 is 9.15 Å². The van der Waals surface area contributed by atoms with E-state index in [1.165, 1.54) is 6.07 Å². The minimum absolute atomic E-state index is 0.0751. The van der Waals surface area contributed by atoms with Gasteiger partial charge in [-0.25, -0.2) is 4.39 Å². The van der Waals surface area contributed by atoms with E-state index in [1.54, 1.807) is 36.4 Å². The molecule has 0 atom stereocenters. The summed E-state index contributed by atoms with van der Waals surface area (Å²) in [4.78, 5) is 24.1. The Kier molecular flexibility index (Phi) is 4.96. The third kappa shape index (κ3) is 3.83. The fourth-order valence-corrected chi connectivity index (χ4v) is 2.81. The van der Waals surface area contributed by atoms with Crippen molar-refractivity contribution in [1.29, 1.82) is 0 Å². The largest absolute Gasteiger partial charge is 0.457 e. The smallest absolute Gasteiger partial charge is 0.316 e. The number of Topliss-reactive ketones (excluding diaryl/α,β-unsaturated/α-hetero) is 1. The van der Waals surface area contributed by atoms with E-state index in [9.17, 15) is 14.0 Å². The maximum absolute atomic E-state index is 13.4. The van der Waals surface area contributed by atoms with Crippen LogP contribution in [0.15, 0.2) is 63.9 Å². The summed E-state index contributed by atoms with van der Waals surface area (Å²) in [5, 5.41) is 0.808. The molecule has 3 aromatic rings. The molecule has 24 heavy (non-hydrogen) atoms. The number of fused-ring (bicyclic) bond motifs is 1. The number of hydrogen-bond donors (Lipinski definition) is 0. The number of para-hydroxylation sites is 1. The van der Waals surface area contributed by atoms with Crippen LogP contribution in [0.25, 0.3) is 11.0 Å². The van der Waals surface area contributed by atoms with Crippen LogP contribution in [0.3, 0.4) is 0 Å². The molecule has 0 aliphatic rings. The number of ketones is 1. The van der Waals surface area contributed by atoms with Gasteiger partial charge in [0.25, 0.3) is 0 Å². The molecule has 6 heteroatoms. The second kappa shape index (κ2) is 7.31. The van der Waals surface area contributed by atoms with E-state index >= 15 is 0 Å². The van der Waals surface area contributed by atoms with E-state index < -0.39 is 24.2 Å². The van der Waals surface area contributed by atoms with Gasteiger partial charge in [-0.1, -0.05) is 30.3 Å². The number of benzene rings is 2. The molecule has 4 nitrogen and oxygen atoms in total. The highest BCUT2D eigenvalue weighted by molar-refractivity contribution is 8.00. The van der Waals surface area contributed by atoms with Crippen molar-refractivity contribution in [1.82, 2.24) is 0 Å². The van der Waals surface area contributed by atoms with Gasteiger partial charge in [-0.05, 0) is 24.3 Å². The van der Waals surface area contributed by atoms with Crippen molar-refractivity contribution in [3.63, 3.8) is 0 Å². The first-order chi connectivity index (χ1) is 11.6. The number of hydrogen-bond acceptors (Lipinski definition) is 5. The van der Waals surface area contributed by atoms with Crippen molar-refractivity contribution in [3.8, 4) is 0 Å². The lowest BCUT2D eigenvalue weighted by Crippen LogP contribution is -2.15. The van der Waals surface area contributed by atoms with Gasteiger partial charge in [0, 0.05) is 10.3 Å². The van der Waals surface area contributed by atoms with E-state index in [0.29, 0.717) is 10.5 Å². The second-order valence-electron chi connectivity index (χ2n) is 4.95. The van der Waals surface area contributed by atoms with E-state index in [0.717, 1.165) is 17.1 Å². The van der Waals surface area contributed by atoms with Crippen LogP contribution in [0.4, 0.5) is 4.39 Å². The highest BCUT2D eigenvalue weighted by Crippen LogP contribution is 2.21. The first-order valence-corrected chi connectivity index (χ1v) is 8.17. The van der Waals surface area contributed by atoms with E-state index in [4.69, 9.17) is 9.15 Å². The van der Waals surface area contributed by atoms with E-state index in [-0.39, 0.29) is 11.5 Å². The van der Waals surface area contributed by atoms with Crippen molar-refractivity contribution in [3.05, 3.63) is 66.2 Å². The highest BCUT2D eigenvalue weighted by atomic mass is 32.2. The molecule has 0 N–H and O–H groups in total. The molecule has 0 bridgehead atoms. The van der Waals surface area contributed by atoms with Crippen molar-refractivity contribution in [2.24, 2.45) is 0 Å². The van der Waals surface area contributed by atoms with Crippen LogP contribution in [0.1, 0.15) is 10.6 Å². The van der Waals surface area contributed by atoms with Gasteiger partial charge >= 0.3 is 5.97 Å². The van der Waals surface area contributed by atoms with Crippen LogP contribution >= 0.6 is 11.8 Å². The minimum Gasteiger partial charge on any atom is -0.457 e. The molecule has 0 fully saturated rings.